The highest BCUT2D eigenvalue weighted by molar-refractivity contribution is 5.96. The molecule has 1 atom stereocenters. The smallest absolute Gasteiger partial charge is 0.169 e. The number of ketones is 1. The molecule has 2 nitrogen and oxygen atoms in total. The highest BCUT2D eigenvalue weighted by atomic mass is 19.2. The van der Waals surface area contributed by atoms with Gasteiger partial charge in [-0.2, -0.15) is 0 Å². The van der Waals surface area contributed by atoms with Gasteiger partial charge in [0, 0.05) is 19.5 Å². The second-order valence-corrected chi connectivity index (χ2v) is 5.49. The summed E-state index contributed by atoms with van der Waals surface area (Å²) in [5.74, 6) is -1.60. The van der Waals surface area contributed by atoms with E-state index in [1.807, 2.05) is 0 Å². The minimum absolute atomic E-state index is 0.131. The Morgan fingerprint density at radius 2 is 2.20 bits per heavy atom. The normalized spacial score (nSPS) is 20.1. The maximum absolute atomic E-state index is 13.5. The van der Waals surface area contributed by atoms with Crippen LogP contribution in [-0.2, 0) is 0 Å². The van der Waals surface area contributed by atoms with Gasteiger partial charge in [0.15, 0.2) is 17.4 Å². The molecule has 1 fully saturated rings. The Hall–Kier alpha value is -1.29. The molecule has 0 N–H and O–H groups in total. The molecule has 0 amide bonds. The fraction of sp³-hybridized carbons (Fsp3) is 0.562. The number of Topliss-reactive ketones (excluding diaryl/α,β-unsaturated/α-hetero) is 1. The first-order valence-electron chi connectivity index (χ1n) is 7.31. The average Bonchev–Trinajstić information content (AvgIpc) is 2.48. The van der Waals surface area contributed by atoms with Gasteiger partial charge in [0.05, 0.1) is 5.56 Å². The van der Waals surface area contributed by atoms with Gasteiger partial charge in [0.1, 0.15) is 0 Å². The molecule has 0 aromatic heterocycles. The van der Waals surface area contributed by atoms with Gasteiger partial charge in [0.25, 0.3) is 0 Å². The van der Waals surface area contributed by atoms with Crippen LogP contribution in [-0.4, -0.2) is 30.3 Å². The van der Waals surface area contributed by atoms with E-state index in [9.17, 15) is 13.6 Å². The predicted molar refractivity (Wildman–Crippen MR) is 74.8 cm³/mol. The van der Waals surface area contributed by atoms with E-state index in [4.69, 9.17) is 0 Å². The van der Waals surface area contributed by atoms with Crippen molar-refractivity contribution in [2.24, 2.45) is 5.92 Å². The molecule has 110 valence electrons. The molecule has 1 saturated heterocycles. The lowest BCUT2D eigenvalue weighted by molar-refractivity contribution is 0.0940. The van der Waals surface area contributed by atoms with Crippen molar-refractivity contribution in [1.29, 1.82) is 0 Å². The summed E-state index contributed by atoms with van der Waals surface area (Å²) in [7, 11) is 0. The van der Waals surface area contributed by atoms with Crippen LogP contribution < -0.4 is 0 Å². The van der Waals surface area contributed by atoms with Crippen LogP contribution in [0.25, 0.3) is 0 Å². The minimum atomic E-state index is -1.03. The lowest BCUT2D eigenvalue weighted by atomic mass is 9.95. The molecule has 1 aliphatic rings. The van der Waals surface area contributed by atoms with E-state index in [1.165, 1.54) is 18.6 Å². The third-order valence-corrected chi connectivity index (χ3v) is 4.09. The summed E-state index contributed by atoms with van der Waals surface area (Å²) < 4.78 is 26.6. The van der Waals surface area contributed by atoms with E-state index in [1.54, 1.807) is 0 Å². The van der Waals surface area contributed by atoms with Crippen LogP contribution in [0.5, 0.6) is 0 Å². The zero-order valence-electron chi connectivity index (χ0n) is 11.9. The van der Waals surface area contributed by atoms with E-state index in [0.29, 0.717) is 12.5 Å². The molecule has 0 bridgehead atoms. The standard InChI is InChI=1S/C16H21F2NO/c1-2-12-5-4-9-19(11-12)10-8-15(20)13-6-3-7-14(17)16(13)18/h3,6-7,12H,2,4-5,8-11H2,1H3. The fourth-order valence-electron chi connectivity index (χ4n) is 2.80. The molecule has 0 saturated carbocycles. The Balaban J connectivity index is 1.90. The monoisotopic (exact) mass is 281 g/mol. The van der Waals surface area contributed by atoms with E-state index in [-0.39, 0.29) is 17.8 Å². The molecule has 4 heteroatoms. The number of nitrogens with zero attached hydrogens (tertiary/aromatic N) is 1. The third-order valence-electron chi connectivity index (χ3n) is 4.09. The first-order chi connectivity index (χ1) is 9.61. The van der Waals surface area contributed by atoms with Gasteiger partial charge < -0.3 is 4.90 Å². The van der Waals surface area contributed by atoms with Crippen molar-refractivity contribution in [2.45, 2.75) is 32.6 Å². The second kappa shape index (κ2) is 6.93. The molecule has 1 unspecified atom stereocenters. The maximum Gasteiger partial charge on any atom is 0.169 e. The van der Waals surface area contributed by atoms with E-state index >= 15 is 0 Å². The number of rotatable bonds is 5. The number of halogens is 2. The first-order valence-corrected chi connectivity index (χ1v) is 7.31. The summed E-state index contributed by atoms with van der Waals surface area (Å²) >= 11 is 0. The maximum atomic E-state index is 13.5. The van der Waals surface area contributed by atoms with Crippen molar-refractivity contribution in [3.63, 3.8) is 0 Å². The molecule has 0 radical (unpaired) electrons. The van der Waals surface area contributed by atoms with Crippen molar-refractivity contribution in [3.05, 3.63) is 35.4 Å². The highest BCUT2D eigenvalue weighted by Crippen LogP contribution is 2.20. The number of carbonyl (C=O) groups is 1. The van der Waals surface area contributed by atoms with Gasteiger partial charge in [-0.1, -0.05) is 19.4 Å². The number of benzene rings is 1. The van der Waals surface area contributed by atoms with E-state index in [0.717, 1.165) is 32.0 Å². The van der Waals surface area contributed by atoms with Crippen LogP contribution in [0.3, 0.4) is 0 Å². The summed E-state index contributed by atoms with van der Waals surface area (Å²) in [6.45, 7) is 4.82. The van der Waals surface area contributed by atoms with Crippen LogP contribution in [0.15, 0.2) is 18.2 Å². The van der Waals surface area contributed by atoms with E-state index < -0.39 is 11.6 Å². The molecule has 0 aliphatic carbocycles. The Labute approximate surface area is 118 Å². The molecule has 1 heterocycles. The molecule has 0 spiro atoms. The first kappa shape index (κ1) is 15.1. The summed E-state index contributed by atoms with van der Waals surface area (Å²) in [5.41, 5.74) is -0.131. The SMILES string of the molecule is CCC1CCCN(CCC(=O)c2cccc(F)c2F)C1. The van der Waals surface area contributed by atoms with Gasteiger partial charge in [-0.3, -0.25) is 4.79 Å². The number of carbonyl (C=O) groups excluding carboxylic acids is 1. The molecule has 1 aliphatic heterocycles. The van der Waals surface area contributed by atoms with Crippen molar-refractivity contribution < 1.29 is 13.6 Å². The highest BCUT2D eigenvalue weighted by Gasteiger charge is 2.20. The topological polar surface area (TPSA) is 20.3 Å². The van der Waals surface area contributed by atoms with Gasteiger partial charge >= 0.3 is 0 Å². The van der Waals surface area contributed by atoms with Crippen LogP contribution in [0.1, 0.15) is 43.0 Å². The molecule has 2 rings (SSSR count). The zero-order valence-corrected chi connectivity index (χ0v) is 11.9. The number of likely N-dealkylation sites (tertiary alicyclic amines) is 1. The number of hydrogen-bond acceptors (Lipinski definition) is 2. The predicted octanol–water partition coefficient (Wildman–Crippen LogP) is 3.66. The Kier molecular flexibility index (Phi) is 5.24. The molecular formula is C16H21F2NO. The van der Waals surface area contributed by atoms with Crippen molar-refractivity contribution in [1.82, 2.24) is 4.90 Å². The van der Waals surface area contributed by atoms with Gasteiger partial charge in [-0.05, 0) is 37.4 Å². The fourth-order valence-corrected chi connectivity index (χ4v) is 2.80. The Morgan fingerprint density at radius 1 is 1.40 bits per heavy atom. The summed E-state index contributed by atoms with van der Waals surface area (Å²) in [6, 6.07) is 3.76. The van der Waals surface area contributed by atoms with Gasteiger partial charge in [-0.25, -0.2) is 8.78 Å². The third kappa shape index (κ3) is 3.63. The van der Waals surface area contributed by atoms with Crippen LogP contribution in [0.2, 0.25) is 0 Å². The largest absolute Gasteiger partial charge is 0.303 e. The molecule has 20 heavy (non-hydrogen) atoms. The molecule has 1 aromatic rings. The van der Waals surface area contributed by atoms with Crippen LogP contribution in [0, 0.1) is 17.6 Å². The Bertz CT molecular complexity index is 476. The minimum Gasteiger partial charge on any atom is -0.303 e. The van der Waals surface area contributed by atoms with Crippen molar-refractivity contribution >= 4 is 5.78 Å². The van der Waals surface area contributed by atoms with Crippen molar-refractivity contribution in [2.75, 3.05) is 19.6 Å². The lowest BCUT2D eigenvalue weighted by Crippen LogP contribution is -2.36. The zero-order chi connectivity index (χ0) is 14.5. The number of piperidine rings is 1. The molecular weight excluding hydrogens is 260 g/mol. The summed E-state index contributed by atoms with van der Waals surface area (Å²) in [5, 5.41) is 0. The van der Waals surface area contributed by atoms with Gasteiger partial charge in [0.2, 0.25) is 0 Å². The van der Waals surface area contributed by atoms with Gasteiger partial charge in [-0.15, -0.1) is 0 Å². The average molecular weight is 281 g/mol. The Morgan fingerprint density at radius 3 is 2.95 bits per heavy atom. The van der Waals surface area contributed by atoms with Crippen molar-refractivity contribution in [3.8, 4) is 0 Å². The summed E-state index contributed by atoms with van der Waals surface area (Å²) in [6.07, 6.45) is 3.81. The van der Waals surface area contributed by atoms with Crippen LogP contribution in [0.4, 0.5) is 8.78 Å². The van der Waals surface area contributed by atoms with E-state index in [2.05, 4.69) is 11.8 Å². The quantitative estimate of drug-likeness (QED) is 0.768. The van der Waals surface area contributed by atoms with Crippen LogP contribution >= 0.6 is 0 Å². The molecule has 1 aromatic carbocycles. The lowest BCUT2D eigenvalue weighted by Gasteiger charge is -2.32. The number of hydrogen-bond donors (Lipinski definition) is 0. The second-order valence-electron chi connectivity index (χ2n) is 5.49. The summed E-state index contributed by atoms with van der Waals surface area (Å²) in [4.78, 5) is 14.2.